The molecule has 0 aromatic heterocycles. The summed E-state index contributed by atoms with van der Waals surface area (Å²) in [4.78, 5) is 23.6. The number of phenols is 2. The van der Waals surface area contributed by atoms with E-state index < -0.39 is 11.4 Å². The number of rotatable bonds is 4. The molecule has 5 unspecified atom stereocenters. The SMILES string of the molecule is CCCC1c2c(O)c(C=O)c(O)c(C=O)c2OC2(C)CCC3C(C=C(C)CCC12)C3(C)C. The van der Waals surface area contributed by atoms with Crippen LogP contribution in [0.1, 0.15) is 105 Å². The molecule has 4 rings (SSSR count). The van der Waals surface area contributed by atoms with E-state index in [2.05, 4.69) is 40.7 Å². The lowest BCUT2D eigenvalue weighted by Crippen LogP contribution is -2.47. The zero-order valence-corrected chi connectivity index (χ0v) is 19.9. The van der Waals surface area contributed by atoms with Crippen LogP contribution in [0.25, 0.3) is 0 Å². The van der Waals surface area contributed by atoms with Gasteiger partial charge in [-0.25, -0.2) is 0 Å². The van der Waals surface area contributed by atoms with Gasteiger partial charge >= 0.3 is 0 Å². The first-order chi connectivity index (χ1) is 15.1. The molecule has 5 atom stereocenters. The van der Waals surface area contributed by atoms with Crippen molar-refractivity contribution in [1.82, 2.24) is 0 Å². The highest BCUT2D eigenvalue weighted by Gasteiger charge is 2.57. The van der Waals surface area contributed by atoms with Crippen LogP contribution in [0.2, 0.25) is 0 Å². The van der Waals surface area contributed by atoms with Gasteiger partial charge < -0.3 is 14.9 Å². The van der Waals surface area contributed by atoms with Gasteiger partial charge in [0.25, 0.3) is 0 Å². The van der Waals surface area contributed by atoms with Crippen molar-refractivity contribution in [3.8, 4) is 17.2 Å². The Labute approximate surface area is 190 Å². The Morgan fingerprint density at radius 3 is 2.38 bits per heavy atom. The quantitative estimate of drug-likeness (QED) is 0.432. The molecule has 1 heterocycles. The normalized spacial score (nSPS) is 33.0. The molecule has 32 heavy (non-hydrogen) atoms. The van der Waals surface area contributed by atoms with Crippen LogP contribution in [0.3, 0.4) is 0 Å². The Morgan fingerprint density at radius 2 is 1.75 bits per heavy atom. The summed E-state index contributed by atoms with van der Waals surface area (Å²) in [5.41, 5.74) is 1.42. The Balaban J connectivity index is 1.87. The summed E-state index contributed by atoms with van der Waals surface area (Å²) in [5.74, 6) is 0.796. The van der Waals surface area contributed by atoms with Crippen molar-refractivity contribution in [2.75, 3.05) is 0 Å². The first kappa shape index (κ1) is 22.9. The molecule has 1 aromatic carbocycles. The number of fused-ring (bicyclic) bond motifs is 3. The average Bonchev–Trinajstić information content (AvgIpc) is 3.24. The van der Waals surface area contributed by atoms with Crippen molar-refractivity contribution in [3.63, 3.8) is 0 Å². The molecule has 174 valence electrons. The number of aldehydes is 2. The number of hydrogen-bond donors (Lipinski definition) is 2. The summed E-state index contributed by atoms with van der Waals surface area (Å²) in [6.07, 6.45) is 8.89. The molecule has 3 aliphatic rings. The fourth-order valence-electron chi connectivity index (χ4n) is 6.66. The lowest BCUT2D eigenvalue weighted by molar-refractivity contribution is -0.0236. The maximum absolute atomic E-state index is 12.0. The molecule has 1 aliphatic heterocycles. The summed E-state index contributed by atoms with van der Waals surface area (Å²) in [7, 11) is 0. The topological polar surface area (TPSA) is 83.8 Å². The average molecular weight is 441 g/mol. The van der Waals surface area contributed by atoms with Gasteiger partial charge in [-0.1, -0.05) is 38.8 Å². The van der Waals surface area contributed by atoms with E-state index in [1.165, 1.54) is 5.57 Å². The Hall–Kier alpha value is -2.30. The second-order valence-corrected chi connectivity index (χ2v) is 11.0. The Morgan fingerprint density at radius 1 is 1.06 bits per heavy atom. The van der Waals surface area contributed by atoms with E-state index >= 15 is 0 Å². The van der Waals surface area contributed by atoms with Crippen LogP contribution in [-0.2, 0) is 0 Å². The van der Waals surface area contributed by atoms with Crippen LogP contribution in [-0.4, -0.2) is 28.4 Å². The van der Waals surface area contributed by atoms with E-state index in [1.807, 2.05) is 0 Å². The van der Waals surface area contributed by atoms with E-state index in [0.717, 1.165) is 38.5 Å². The summed E-state index contributed by atoms with van der Waals surface area (Å²) in [6.45, 7) is 11.1. The van der Waals surface area contributed by atoms with Gasteiger partial charge in [-0.3, -0.25) is 9.59 Å². The zero-order valence-electron chi connectivity index (χ0n) is 19.9. The van der Waals surface area contributed by atoms with Crippen LogP contribution < -0.4 is 4.74 Å². The number of benzene rings is 1. The van der Waals surface area contributed by atoms with Crippen LogP contribution in [0.15, 0.2) is 11.6 Å². The minimum atomic E-state index is -0.521. The minimum absolute atomic E-state index is 0.0292. The minimum Gasteiger partial charge on any atom is -0.507 e. The summed E-state index contributed by atoms with van der Waals surface area (Å²) in [5, 5.41) is 21.6. The molecule has 0 saturated heterocycles. The predicted molar refractivity (Wildman–Crippen MR) is 124 cm³/mol. The van der Waals surface area contributed by atoms with Crippen LogP contribution >= 0.6 is 0 Å². The molecular formula is C27H36O5. The molecule has 5 nitrogen and oxygen atoms in total. The molecule has 2 aliphatic carbocycles. The second-order valence-electron chi connectivity index (χ2n) is 11.0. The molecule has 5 heteroatoms. The van der Waals surface area contributed by atoms with Gasteiger partial charge in [0.05, 0.1) is 11.1 Å². The molecule has 2 N–H and O–H groups in total. The summed E-state index contributed by atoms with van der Waals surface area (Å²) >= 11 is 0. The number of carbonyl (C=O) groups excluding carboxylic acids is 2. The Bertz CT molecular complexity index is 975. The van der Waals surface area contributed by atoms with Crippen molar-refractivity contribution in [1.29, 1.82) is 0 Å². The van der Waals surface area contributed by atoms with Gasteiger partial charge in [-0.15, -0.1) is 0 Å². The molecule has 0 radical (unpaired) electrons. The smallest absolute Gasteiger partial charge is 0.157 e. The van der Waals surface area contributed by atoms with Gasteiger partial charge in [0, 0.05) is 11.5 Å². The van der Waals surface area contributed by atoms with E-state index in [9.17, 15) is 19.8 Å². The molecule has 0 amide bonds. The summed E-state index contributed by atoms with van der Waals surface area (Å²) < 4.78 is 6.60. The predicted octanol–water partition coefficient (Wildman–Crippen LogP) is 6.17. The molecule has 0 bridgehead atoms. The van der Waals surface area contributed by atoms with E-state index in [-0.39, 0.29) is 39.9 Å². The van der Waals surface area contributed by atoms with Crippen LogP contribution in [0, 0.1) is 23.2 Å². The number of ether oxygens (including phenoxy) is 1. The summed E-state index contributed by atoms with van der Waals surface area (Å²) in [6, 6.07) is 0. The van der Waals surface area contributed by atoms with Crippen LogP contribution in [0.5, 0.6) is 17.2 Å². The number of hydrogen-bond acceptors (Lipinski definition) is 5. The number of allylic oxidation sites excluding steroid dienone is 2. The monoisotopic (exact) mass is 440 g/mol. The van der Waals surface area contributed by atoms with Gasteiger partial charge in [0.15, 0.2) is 12.6 Å². The first-order valence-corrected chi connectivity index (χ1v) is 12.0. The third kappa shape index (κ3) is 3.36. The van der Waals surface area contributed by atoms with Crippen LogP contribution in [0.4, 0.5) is 0 Å². The van der Waals surface area contributed by atoms with Crippen molar-refractivity contribution in [2.45, 2.75) is 84.7 Å². The highest BCUT2D eigenvalue weighted by atomic mass is 16.5. The second kappa shape index (κ2) is 7.93. The van der Waals surface area contributed by atoms with Crippen molar-refractivity contribution in [3.05, 3.63) is 28.3 Å². The number of phenolic OH excluding ortho intramolecular Hbond substituents is 2. The number of aromatic hydroxyl groups is 2. The highest BCUT2D eigenvalue weighted by molar-refractivity contribution is 5.95. The fraction of sp³-hybridized carbons (Fsp3) is 0.630. The lowest BCUT2D eigenvalue weighted by atomic mass is 9.66. The maximum Gasteiger partial charge on any atom is 0.157 e. The van der Waals surface area contributed by atoms with Gasteiger partial charge in [-0.05, 0) is 69.1 Å². The van der Waals surface area contributed by atoms with E-state index in [0.29, 0.717) is 30.0 Å². The maximum atomic E-state index is 12.0. The number of carbonyl (C=O) groups is 2. The Kier molecular flexibility index (Phi) is 5.67. The van der Waals surface area contributed by atoms with Crippen molar-refractivity contribution < 1.29 is 24.5 Å². The standard InChI is InChI=1S/C27H36O5/c1-6-7-16-19-9-8-15(2)12-21-20(26(21,3)4)10-11-27(19,5)32-25-18(14-29)23(30)17(13-28)24(31)22(16)25/h12-14,16,19-21,30-31H,6-11H2,1-5H3. The largest absolute Gasteiger partial charge is 0.507 e. The van der Waals surface area contributed by atoms with Crippen molar-refractivity contribution >= 4 is 12.6 Å². The fourth-order valence-corrected chi connectivity index (χ4v) is 6.66. The first-order valence-electron chi connectivity index (χ1n) is 12.0. The molecular weight excluding hydrogens is 404 g/mol. The lowest BCUT2D eigenvalue weighted by Gasteiger charge is -2.48. The van der Waals surface area contributed by atoms with Gasteiger partial charge in [0.2, 0.25) is 0 Å². The van der Waals surface area contributed by atoms with E-state index in [4.69, 9.17) is 4.74 Å². The molecule has 1 saturated carbocycles. The van der Waals surface area contributed by atoms with Gasteiger partial charge in [0.1, 0.15) is 22.8 Å². The molecule has 1 aromatic rings. The molecule has 0 spiro atoms. The highest BCUT2D eigenvalue weighted by Crippen LogP contribution is 2.64. The van der Waals surface area contributed by atoms with Crippen molar-refractivity contribution in [2.24, 2.45) is 23.2 Å². The molecule has 1 fully saturated rings. The van der Waals surface area contributed by atoms with Gasteiger partial charge in [-0.2, -0.15) is 0 Å². The third-order valence-corrected chi connectivity index (χ3v) is 8.73. The zero-order chi connectivity index (χ0) is 23.4. The third-order valence-electron chi connectivity index (χ3n) is 8.73. The van der Waals surface area contributed by atoms with E-state index in [1.54, 1.807) is 0 Å².